The highest BCUT2D eigenvalue weighted by molar-refractivity contribution is 5.78. The van der Waals surface area contributed by atoms with Gasteiger partial charge in [0.2, 0.25) is 5.91 Å². The van der Waals surface area contributed by atoms with Crippen LogP contribution in [0.4, 0.5) is 0 Å². The number of aromatic amines is 1. The molecule has 134 valence electrons. The van der Waals surface area contributed by atoms with Crippen molar-refractivity contribution in [1.82, 2.24) is 14.9 Å². The summed E-state index contributed by atoms with van der Waals surface area (Å²) in [6.45, 7) is 0.809. The van der Waals surface area contributed by atoms with E-state index in [4.69, 9.17) is 9.72 Å². The first kappa shape index (κ1) is 16.6. The molecule has 3 aromatic rings. The van der Waals surface area contributed by atoms with Crippen LogP contribution in [0.3, 0.4) is 0 Å². The molecule has 1 aliphatic heterocycles. The molecule has 1 aromatic heterocycles. The van der Waals surface area contributed by atoms with Crippen molar-refractivity contribution in [2.45, 2.75) is 31.7 Å². The standard InChI is InChI=1S/C21H23N3O2/c1-26-16-11-8-15(9-12-16)10-13-20(25)24-14-4-7-19(24)21-22-17-5-2-3-6-18(17)23-21/h2-3,5-6,8-9,11-12,19H,4,7,10,13-14H2,1H3,(H,22,23). The minimum atomic E-state index is 0.0609. The Morgan fingerprint density at radius 1 is 1.23 bits per heavy atom. The third-order valence-corrected chi connectivity index (χ3v) is 5.08. The number of benzene rings is 2. The molecule has 26 heavy (non-hydrogen) atoms. The number of rotatable bonds is 5. The van der Waals surface area contributed by atoms with E-state index < -0.39 is 0 Å². The van der Waals surface area contributed by atoms with Crippen LogP contribution in [0.15, 0.2) is 48.5 Å². The summed E-state index contributed by atoms with van der Waals surface area (Å²) in [6.07, 6.45) is 3.25. The van der Waals surface area contributed by atoms with Crippen LogP contribution in [-0.2, 0) is 11.2 Å². The first-order chi connectivity index (χ1) is 12.7. The van der Waals surface area contributed by atoms with Gasteiger partial charge in [-0.2, -0.15) is 0 Å². The van der Waals surface area contributed by atoms with Crippen molar-refractivity contribution in [2.24, 2.45) is 0 Å². The summed E-state index contributed by atoms with van der Waals surface area (Å²) >= 11 is 0. The Morgan fingerprint density at radius 2 is 2.04 bits per heavy atom. The molecule has 2 aromatic carbocycles. The smallest absolute Gasteiger partial charge is 0.223 e. The highest BCUT2D eigenvalue weighted by Crippen LogP contribution is 2.32. The van der Waals surface area contributed by atoms with Crippen molar-refractivity contribution in [2.75, 3.05) is 13.7 Å². The molecule has 1 aliphatic rings. The highest BCUT2D eigenvalue weighted by Gasteiger charge is 2.31. The van der Waals surface area contributed by atoms with Crippen LogP contribution < -0.4 is 4.74 Å². The second-order valence-electron chi connectivity index (χ2n) is 6.73. The summed E-state index contributed by atoms with van der Waals surface area (Å²) in [5.41, 5.74) is 3.14. The number of nitrogens with one attached hydrogen (secondary N) is 1. The van der Waals surface area contributed by atoms with E-state index in [2.05, 4.69) is 4.98 Å². The lowest BCUT2D eigenvalue weighted by atomic mass is 10.1. The summed E-state index contributed by atoms with van der Waals surface area (Å²) in [4.78, 5) is 22.9. The summed E-state index contributed by atoms with van der Waals surface area (Å²) in [7, 11) is 1.66. The second kappa shape index (κ2) is 7.20. The summed E-state index contributed by atoms with van der Waals surface area (Å²) in [5.74, 6) is 1.94. The topological polar surface area (TPSA) is 58.2 Å². The lowest BCUT2D eigenvalue weighted by Crippen LogP contribution is -2.31. The number of likely N-dealkylation sites (tertiary alicyclic amines) is 1. The Kier molecular flexibility index (Phi) is 4.61. The van der Waals surface area contributed by atoms with Crippen molar-refractivity contribution in [1.29, 1.82) is 0 Å². The van der Waals surface area contributed by atoms with Gasteiger partial charge in [0.05, 0.1) is 24.2 Å². The van der Waals surface area contributed by atoms with Crippen molar-refractivity contribution in [3.05, 3.63) is 59.9 Å². The Bertz CT molecular complexity index is 868. The maximum absolute atomic E-state index is 12.8. The van der Waals surface area contributed by atoms with Gasteiger partial charge in [-0.1, -0.05) is 24.3 Å². The lowest BCUT2D eigenvalue weighted by molar-refractivity contribution is -0.132. The molecule has 5 nitrogen and oxygen atoms in total. The minimum Gasteiger partial charge on any atom is -0.497 e. The third kappa shape index (κ3) is 3.29. The van der Waals surface area contributed by atoms with Crippen LogP contribution in [-0.4, -0.2) is 34.4 Å². The number of ether oxygens (including phenoxy) is 1. The number of carbonyl (C=O) groups excluding carboxylic acids is 1. The average molecular weight is 349 g/mol. The lowest BCUT2D eigenvalue weighted by Gasteiger charge is -2.23. The Hall–Kier alpha value is -2.82. The number of carbonyl (C=O) groups is 1. The van der Waals surface area contributed by atoms with Gasteiger partial charge in [0.15, 0.2) is 0 Å². The van der Waals surface area contributed by atoms with Gasteiger partial charge in [-0.25, -0.2) is 4.98 Å². The summed E-state index contributed by atoms with van der Waals surface area (Å²) in [6, 6.07) is 16.0. The number of para-hydroxylation sites is 2. The fraction of sp³-hybridized carbons (Fsp3) is 0.333. The first-order valence-corrected chi connectivity index (χ1v) is 9.11. The zero-order chi connectivity index (χ0) is 17.9. The fourth-order valence-electron chi connectivity index (χ4n) is 3.67. The number of amides is 1. The maximum Gasteiger partial charge on any atom is 0.223 e. The largest absolute Gasteiger partial charge is 0.497 e. The highest BCUT2D eigenvalue weighted by atomic mass is 16.5. The van der Waals surface area contributed by atoms with Gasteiger partial charge in [0.25, 0.3) is 0 Å². The molecule has 0 aliphatic carbocycles. The van der Waals surface area contributed by atoms with Crippen molar-refractivity contribution in [3.8, 4) is 5.75 Å². The molecule has 1 saturated heterocycles. The summed E-state index contributed by atoms with van der Waals surface area (Å²) in [5, 5.41) is 0. The molecular formula is C21H23N3O2. The Morgan fingerprint density at radius 3 is 2.81 bits per heavy atom. The molecule has 1 atom stereocenters. The first-order valence-electron chi connectivity index (χ1n) is 9.11. The SMILES string of the molecule is COc1ccc(CCC(=O)N2CCCC2c2nc3ccccc3[nH]2)cc1. The molecular weight excluding hydrogens is 326 g/mol. The van der Waals surface area contributed by atoms with Crippen LogP contribution in [0.2, 0.25) is 0 Å². The van der Waals surface area contributed by atoms with E-state index in [1.807, 2.05) is 53.4 Å². The van der Waals surface area contributed by atoms with Gasteiger partial charge in [-0.05, 0) is 49.1 Å². The normalized spacial score (nSPS) is 17.0. The molecule has 1 amide bonds. The molecule has 1 unspecified atom stereocenters. The molecule has 1 N–H and O–H groups in total. The zero-order valence-corrected chi connectivity index (χ0v) is 14.9. The van der Waals surface area contributed by atoms with Crippen LogP contribution >= 0.6 is 0 Å². The molecule has 4 rings (SSSR count). The van der Waals surface area contributed by atoms with E-state index in [0.29, 0.717) is 6.42 Å². The predicted molar refractivity (Wildman–Crippen MR) is 101 cm³/mol. The van der Waals surface area contributed by atoms with E-state index >= 15 is 0 Å². The third-order valence-electron chi connectivity index (χ3n) is 5.08. The van der Waals surface area contributed by atoms with Crippen molar-refractivity contribution in [3.63, 3.8) is 0 Å². The van der Waals surface area contributed by atoms with Crippen molar-refractivity contribution < 1.29 is 9.53 Å². The number of imidazole rings is 1. The van der Waals surface area contributed by atoms with E-state index in [1.54, 1.807) is 7.11 Å². The van der Waals surface area contributed by atoms with E-state index in [1.165, 1.54) is 0 Å². The fourth-order valence-corrected chi connectivity index (χ4v) is 3.67. The van der Waals surface area contributed by atoms with Crippen molar-refractivity contribution >= 4 is 16.9 Å². The zero-order valence-electron chi connectivity index (χ0n) is 14.9. The van der Waals surface area contributed by atoms with Crippen LogP contribution in [0.5, 0.6) is 5.75 Å². The van der Waals surface area contributed by atoms with E-state index in [0.717, 1.165) is 54.0 Å². The number of aryl methyl sites for hydroxylation is 1. The van der Waals surface area contributed by atoms with Gasteiger partial charge in [-0.15, -0.1) is 0 Å². The summed E-state index contributed by atoms with van der Waals surface area (Å²) < 4.78 is 5.18. The number of H-pyrrole nitrogens is 1. The monoisotopic (exact) mass is 349 g/mol. The molecule has 1 fully saturated rings. The molecule has 0 spiro atoms. The number of nitrogens with zero attached hydrogens (tertiary/aromatic N) is 2. The van der Waals surface area contributed by atoms with Gasteiger partial charge < -0.3 is 14.6 Å². The number of hydrogen-bond acceptors (Lipinski definition) is 3. The van der Waals surface area contributed by atoms with E-state index in [9.17, 15) is 4.79 Å². The molecule has 5 heteroatoms. The van der Waals surface area contributed by atoms with Crippen LogP contribution in [0.1, 0.15) is 36.7 Å². The Labute approximate surface area is 153 Å². The number of methoxy groups -OCH3 is 1. The maximum atomic E-state index is 12.8. The molecule has 0 radical (unpaired) electrons. The van der Waals surface area contributed by atoms with Crippen LogP contribution in [0, 0.1) is 0 Å². The molecule has 2 heterocycles. The van der Waals surface area contributed by atoms with Crippen LogP contribution in [0.25, 0.3) is 11.0 Å². The van der Waals surface area contributed by atoms with E-state index in [-0.39, 0.29) is 11.9 Å². The quantitative estimate of drug-likeness (QED) is 0.761. The molecule has 0 saturated carbocycles. The molecule has 0 bridgehead atoms. The van der Waals surface area contributed by atoms with Gasteiger partial charge in [0, 0.05) is 13.0 Å². The minimum absolute atomic E-state index is 0.0609. The number of hydrogen-bond donors (Lipinski definition) is 1. The van der Waals surface area contributed by atoms with Gasteiger partial charge in [-0.3, -0.25) is 4.79 Å². The number of aromatic nitrogens is 2. The predicted octanol–water partition coefficient (Wildman–Crippen LogP) is 3.87. The van der Waals surface area contributed by atoms with Gasteiger partial charge in [0.1, 0.15) is 11.6 Å². The average Bonchev–Trinajstić information content (AvgIpc) is 3.32. The Balaban J connectivity index is 1.44. The van der Waals surface area contributed by atoms with Gasteiger partial charge >= 0.3 is 0 Å². The second-order valence-corrected chi connectivity index (χ2v) is 6.73. The number of fused-ring (bicyclic) bond motifs is 1.